The third-order valence-electron chi connectivity index (χ3n) is 3.49. The molecule has 0 fully saturated rings. The minimum Gasteiger partial charge on any atom is -0.367 e. The zero-order chi connectivity index (χ0) is 15.8. The molecule has 0 radical (unpaired) electrons. The fourth-order valence-corrected chi connectivity index (χ4v) is 2.86. The fraction of sp³-hybridized carbons (Fsp3) is 0.625. The number of hydrogen-bond donors (Lipinski definition) is 0. The molecule has 1 aliphatic carbocycles. The highest BCUT2D eigenvalue weighted by Gasteiger charge is 2.29. The van der Waals surface area contributed by atoms with Gasteiger partial charge in [0.25, 0.3) is 0 Å². The van der Waals surface area contributed by atoms with Crippen LogP contribution in [0.1, 0.15) is 52.4 Å². The van der Waals surface area contributed by atoms with Crippen LogP contribution >= 0.6 is 23.2 Å². The maximum absolute atomic E-state index is 12.2. The van der Waals surface area contributed by atoms with Crippen LogP contribution in [0.25, 0.3) is 0 Å². The smallest absolute Gasteiger partial charge is 0.218 e. The first-order valence-corrected chi connectivity index (χ1v) is 8.39. The number of carbonyl (C=O) groups excluding carboxylic acids is 2. The molecule has 118 valence electrons. The minimum atomic E-state index is -0.455. The van der Waals surface area contributed by atoms with Crippen LogP contribution in [0.15, 0.2) is 21.8 Å². The van der Waals surface area contributed by atoms with Gasteiger partial charge in [0.05, 0.1) is 5.03 Å². The molecule has 0 spiro atoms. The summed E-state index contributed by atoms with van der Waals surface area (Å²) in [6.07, 6.45) is 7.53. The molecule has 0 aromatic carbocycles. The predicted octanol–water partition coefficient (Wildman–Crippen LogP) is 4.39. The van der Waals surface area contributed by atoms with Crippen molar-refractivity contribution in [3.63, 3.8) is 0 Å². The van der Waals surface area contributed by atoms with Crippen molar-refractivity contribution in [1.29, 1.82) is 0 Å². The molecule has 0 atom stereocenters. The van der Waals surface area contributed by atoms with Gasteiger partial charge in [-0.1, -0.05) is 62.7 Å². The fourth-order valence-electron chi connectivity index (χ4n) is 2.30. The van der Waals surface area contributed by atoms with E-state index in [2.05, 4.69) is 13.8 Å². The monoisotopic (exact) mass is 331 g/mol. The molecule has 0 saturated heterocycles. The Labute approximate surface area is 137 Å². The second-order valence-corrected chi connectivity index (χ2v) is 6.03. The Balaban J connectivity index is 2.89. The highest BCUT2D eigenvalue weighted by molar-refractivity contribution is 6.57. The summed E-state index contributed by atoms with van der Waals surface area (Å²) in [4.78, 5) is 26.0. The maximum atomic E-state index is 12.2. The molecule has 21 heavy (non-hydrogen) atoms. The zero-order valence-corrected chi connectivity index (χ0v) is 14.3. The normalized spacial score (nSPS) is 15.5. The number of rotatable bonds is 9. The van der Waals surface area contributed by atoms with E-state index in [1.807, 2.05) is 4.90 Å². The van der Waals surface area contributed by atoms with Crippen LogP contribution in [0.4, 0.5) is 0 Å². The molecule has 0 N–H and O–H groups in total. The number of carbonyl (C=O) groups is 2. The molecule has 0 aromatic rings. The Kier molecular flexibility index (Phi) is 8.05. The van der Waals surface area contributed by atoms with E-state index in [1.54, 1.807) is 0 Å². The number of unbranched alkanes of at least 4 members (excludes halogenated alkanes) is 4. The van der Waals surface area contributed by atoms with E-state index in [4.69, 9.17) is 23.2 Å². The van der Waals surface area contributed by atoms with Gasteiger partial charge >= 0.3 is 0 Å². The van der Waals surface area contributed by atoms with Gasteiger partial charge in [0.1, 0.15) is 10.7 Å². The highest BCUT2D eigenvalue weighted by atomic mass is 35.5. The van der Waals surface area contributed by atoms with E-state index in [0.29, 0.717) is 5.70 Å². The summed E-state index contributed by atoms with van der Waals surface area (Å²) in [5, 5.41) is -0.142. The summed E-state index contributed by atoms with van der Waals surface area (Å²) < 4.78 is 0. The van der Waals surface area contributed by atoms with Gasteiger partial charge in [0.2, 0.25) is 11.6 Å². The summed E-state index contributed by atoms with van der Waals surface area (Å²) >= 11 is 11.8. The Morgan fingerprint density at radius 1 is 0.952 bits per heavy atom. The van der Waals surface area contributed by atoms with Gasteiger partial charge in [-0.15, -0.1) is 0 Å². The lowest BCUT2D eigenvalue weighted by Crippen LogP contribution is -2.33. The van der Waals surface area contributed by atoms with Crippen molar-refractivity contribution < 1.29 is 9.59 Å². The molecular weight excluding hydrogens is 309 g/mol. The third-order valence-corrected chi connectivity index (χ3v) is 4.13. The van der Waals surface area contributed by atoms with Crippen LogP contribution in [0.2, 0.25) is 0 Å². The Morgan fingerprint density at radius 3 is 1.95 bits per heavy atom. The van der Waals surface area contributed by atoms with E-state index in [1.165, 1.54) is 6.08 Å². The average Bonchev–Trinajstić information content (AvgIpc) is 2.45. The largest absolute Gasteiger partial charge is 0.367 e. The lowest BCUT2D eigenvalue weighted by Gasteiger charge is -2.28. The molecular formula is C16H23Cl2NO2. The van der Waals surface area contributed by atoms with Crippen LogP contribution in [-0.2, 0) is 9.59 Å². The van der Waals surface area contributed by atoms with E-state index >= 15 is 0 Å². The van der Waals surface area contributed by atoms with E-state index in [-0.39, 0.29) is 15.8 Å². The van der Waals surface area contributed by atoms with Crippen LogP contribution < -0.4 is 0 Å². The number of hydrogen-bond acceptors (Lipinski definition) is 3. The lowest BCUT2D eigenvalue weighted by atomic mass is 10.1. The lowest BCUT2D eigenvalue weighted by molar-refractivity contribution is -0.116. The Bertz CT molecular complexity index is 445. The molecule has 5 heteroatoms. The van der Waals surface area contributed by atoms with Crippen molar-refractivity contribution in [1.82, 2.24) is 4.90 Å². The summed E-state index contributed by atoms with van der Waals surface area (Å²) in [6.45, 7) is 5.75. The van der Waals surface area contributed by atoms with E-state index in [9.17, 15) is 9.59 Å². The van der Waals surface area contributed by atoms with Crippen LogP contribution in [0.5, 0.6) is 0 Å². The topological polar surface area (TPSA) is 37.4 Å². The van der Waals surface area contributed by atoms with Crippen molar-refractivity contribution >= 4 is 34.8 Å². The molecule has 1 rings (SSSR count). The van der Waals surface area contributed by atoms with Gasteiger partial charge in [0.15, 0.2) is 0 Å². The van der Waals surface area contributed by atoms with Gasteiger partial charge in [-0.2, -0.15) is 0 Å². The maximum Gasteiger partial charge on any atom is 0.218 e. The van der Waals surface area contributed by atoms with Crippen molar-refractivity contribution in [3.05, 3.63) is 21.8 Å². The van der Waals surface area contributed by atoms with Gasteiger partial charge in [-0.05, 0) is 12.8 Å². The Morgan fingerprint density at radius 2 is 1.48 bits per heavy atom. The molecule has 0 bridgehead atoms. The molecule has 0 heterocycles. The number of ketones is 2. The molecule has 0 unspecified atom stereocenters. The molecule has 0 aromatic heterocycles. The van der Waals surface area contributed by atoms with Crippen LogP contribution in [-0.4, -0.2) is 29.6 Å². The van der Waals surface area contributed by atoms with Gasteiger partial charge in [-0.25, -0.2) is 0 Å². The summed E-state index contributed by atoms with van der Waals surface area (Å²) in [5.41, 5.74) is 0.318. The second kappa shape index (κ2) is 9.26. The summed E-state index contributed by atoms with van der Waals surface area (Å²) in [5.74, 6) is -0.721. The number of allylic oxidation sites excluding steroid dienone is 3. The zero-order valence-electron chi connectivity index (χ0n) is 12.8. The van der Waals surface area contributed by atoms with E-state index in [0.717, 1.165) is 51.6 Å². The number of nitrogens with zero attached hydrogens (tertiary/aromatic N) is 1. The first kappa shape index (κ1) is 18.2. The van der Waals surface area contributed by atoms with Gasteiger partial charge in [0, 0.05) is 19.2 Å². The van der Waals surface area contributed by atoms with Crippen molar-refractivity contribution in [3.8, 4) is 0 Å². The van der Waals surface area contributed by atoms with Crippen LogP contribution in [0.3, 0.4) is 0 Å². The molecule has 0 amide bonds. The Hall–Kier alpha value is -0.800. The predicted molar refractivity (Wildman–Crippen MR) is 87.5 cm³/mol. The number of Topliss-reactive ketones (excluding diaryl/α,β-unsaturated/α-hetero) is 1. The standard InChI is InChI=1S/C16H23Cl2NO2/c1-3-5-7-9-19(10-8-6-4-2)15-13(20)11-12(17)16(21)14(15)18/h11H,3-10H2,1-2H3. The quantitative estimate of drug-likeness (QED) is 0.464. The minimum absolute atomic E-state index is 0.0412. The highest BCUT2D eigenvalue weighted by Crippen LogP contribution is 2.27. The SMILES string of the molecule is CCCCCN(CCCCC)C1=C(Cl)C(=O)C(Cl)=CC1=O. The molecule has 3 nitrogen and oxygen atoms in total. The van der Waals surface area contributed by atoms with Crippen molar-refractivity contribution in [2.24, 2.45) is 0 Å². The van der Waals surface area contributed by atoms with Crippen LogP contribution in [0, 0.1) is 0 Å². The summed E-state index contributed by atoms with van der Waals surface area (Å²) in [7, 11) is 0. The van der Waals surface area contributed by atoms with Gasteiger partial charge < -0.3 is 4.90 Å². The number of halogens is 2. The first-order valence-electron chi connectivity index (χ1n) is 7.63. The van der Waals surface area contributed by atoms with Crippen molar-refractivity contribution in [2.45, 2.75) is 52.4 Å². The molecule has 0 saturated carbocycles. The third kappa shape index (κ3) is 5.15. The second-order valence-electron chi connectivity index (χ2n) is 5.25. The van der Waals surface area contributed by atoms with E-state index < -0.39 is 5.78 Å². The molecule has 0 aliphatic heterocycles. The molecule has 1 aliphatic rings. The van der Waals surface area contributed by atoms with Crippen molar-refractivity contribution in [2.75, 3.05) is 13.1 Å². The van der Waals surface area contributed by atoms with Gasteiger partial charge in [-0.3, -0.25) is 9.59 Å². The first-order chi connectivity index (χ1) is 10.0. The average molecular weight is 332 g/mol. The summed E-state index contributed by atoms with van der Waals surface area (Å²) in [6, 6.07) is 0.